The number of carbonyl (C=O) groups excluding carboxylic acids is 3. The highest BCUT2D eigenvalue weighted by Gasteiger charge is 2.45. The third kappa shape index (κ3) is 15.8. The Morgan fingerprint density at radius 2 is 1.42 bits per heavy atom. The van der Waals surface area contributed by atoms with Gasteiger partial charge in [0.2, 0.25) is 5.69 Å². The average molecular weight is 1080 g/mol. The molecule has 3 heterocycles. The van der Waals surface area contributed by atoms with E-state index in [0.29, 0.717) is 43.8 Å². The number of benzene rings is 2. The molecule has 20 heteroatoms. The first-order chi connectivity index (χ1) is 35.0. The molecule has 74 heavy (non-hydrogen) atoms. The van der Waals surface area contributed by atoms with Gasteiger partial charge in [-0.05, 0) is 113 Å². The van der Waals surface area contributed by atoms with E-state index in [1.54, 1.807) is 12.1 Å². The Labute approximate surface area is 440 Å². The number of hydroxylamine groups is 2. The van der Waals surface area contributed by atoms with Crippen LogP contribution in [0, 0.1) is 6.92 Å². The van der Waals surface area contributed by atoms with Gasteiger partial charge in [-0.1, -0.05) is 82.2 Å². The third-order valence-electron chi connectivity index (χ3n) is 14.4. The molecule has 0 radical (unpaired) electrons. The summed E-state index contributed by atoms with van der Waals surface area (Å²) >= 11 is -2.52. The van der Waals surface area contributed by atoms with Gasteiger partial charge in [-0.3, -0.25) is 23.2 Å². The molecule has 1 aliphatic carbocycles. The van der Waals surface area contributed by atoms with Crippen molar-refractivity contribution in [2.75, 3.05) is 36.0 Å². The highest BCUT2D eigenvalue weighted by atomic mass is 32.2. The molecule has 406 valence electrons. The highest BCUT2D eigenvalue weighted by Crippen LogP contribution is 2.49. The van der Waals surface area contributed by atoms with Crippen LogP contribution in [0.5, 0.6) is 5.75 Å². The number of unbranched alkanes of at least 4 members (excludes halogenated alkanes) is 9. The molecule has 2 aromatic carbocycles. The molecule has 4 aliphatic rings. The number of aryl methyl sites for hydroxylation is 1. The van der Waals surface area contributed by atoms with Crippen molar-refractivity contribution in [1.82, 2.24) is 10.4 Å². The number of nitrogens with zero attached hydrogens (tertiary/aromatic N) is 3. The lowest BCUT2D eigenvalue weighted by molar-refractivity contribution is -0.438. The fraction of sp³-hybridized carbons (Fsp3) is 0.556. The van der Waals surface area contributed by atoms with Gasteiger partial charge in [0.05, 0.1) is 16.9 Å². The maximum Gasteiger partial charge on any atom is 0.357 e. The minimum absolute atomic E-state index is 0.0677. The first-order valence-electron chi connectivity index (χ1n) is 26.0. The summed E-state index contributed by atoms with van der Waals surface area (Å²) in [4.78, 5) is 42.9. The lowest BCUT2D eigenvalue weighted by atomic mass is 9.80. The van der Waals surface area contributed by atoms with Crippen molar-refractivity contribution >= 4 is 66.5 Å². The summed E-state index contributed by atoms with van der Waals surface area (Å²) in [6, 6.07) is 11.7. The van der Waals surface area contributed by atoms with E-state index in [1.165, 1.54) is 5.56 Å². The summed E-state index contributed by atoms with van der Waals surface area (Å²) in [6.07, 6.45) is 20.7. The quantitative estimate of drug-likeness (QED) is 0.0204. The van der Waals surface area contributed by atoms with Gasteiger partial charge in [-0.15, -0.1) is 5.06 Å². The normalized spacial score (nSPS) is 19.1. The molecule has 1 fully saturated rings. The van der Waals surface area contributed by atoms with Crippen molar-refractivity contribution in [2.24, 2.45) is 0 Å². The van der Waals surface area contributed by atoms with Crippen LogP contribution in [0.15, 0.2) is 83.2 Å². The summed E-state index contributed by atoms with van der Waals surface area (Å²) < 4.78 is 93.8. The van der Waals surface area contributed by atoms with Gasteiger partial charge in [-0.2, -0.15) is 25.6 Å². The number of fused-ring (bicyclic) bond motifs is 2. The monoisotopic (exact) mass is 1080 g/mol. The van der Waals surface area contributed by atoms with Crippen LogP contribution < -0.4 is 14.4 Å². The molecular formula is C54H75N4O13S3+. The minimum Gasteiger partial charge on any atom is -0.385 e. The van der Waals surface area contributed by atoms with E-state index in [9.17, 15) is 49.1 Å². The largest absolute Gasteiger partial charge is 0.385 e. The second kappa shape index (κ2) is 25.7. The molecule has 0 bridgehead atoms. The first kappa shape index (κ1) is 58.3. The van der Waals surface area contributed by atoms with Gasteiger partial charge in [0, 0.05) is 79.0 Å². The SMILES string of the molecule is Cc1ccc2c(c1)C(C)(C)/C(=C\C=C1CCCC(/C=C/C3=[N+](CCCCS(=O)(=O)O)c4ccc(OS(=O)O)cc4C3(C)C)=C1NCCCCCCCCCCC(=O)ON1C(=O)CCC1=O)N2CCCCS(=O)(=O)O. The molecule has 2 aromatic rings. The van der Waals surface area contributed by atoms with Crippen molar-refractivity contribution < 1.29 is 62.7 Å². The zero-order valence-corrected chi connectivity index (χ0v) is 46.0. The van der Waals surface area contributed by atoms with Crippen LogP contribution in [0.1, 0.15) is 160 Å². The van der Waals surface area contributed by atoms with Crippen LogP contribution in [-0.4, -0.2) is 99.0 Å². The Bertz CT molecular complexity index is 2810. The minimum atomic E-state index is -4.13. The first-order valence-corrected chi connectivity index (χ1v) is 30.2. The van der Waals surface area contributed by atoms with Crippen molar-refractivity contribution in [1.29, 1.82) is 0 Å². The van der Waals surface area contributed by atoms with Gasteiger partial charge in [0.25, 0.3) is 32.1 Å². The fourth-order valence-corrected chi connectivity index (χ4v) is 11.9. The van der Waals surface area contributed by atoms with Gasteiger partial charge in [0.1, 0.15) is 12.3 Å². The maximum absolute atomic E-state index is 12.2. The summed E-state index contributed by atoms with van der Waals surface area (Å²) in [6.45, 7) is 12.4. The van der Waals surface area contributed by atoms with Crippen molar-refractivity contribution in [2.45, 2.75) is 161 Å². The van der Waals surface area contributed by atoms with E-state index < -0.39 is 54.8 Å². The molecular weight excluding hydrogens is 1010 g/mol. The number of imide groups is 1. The van der Waals surface area contributed by atoms with Gasteiger partial charge in [-0.25, -0.2) is 4.79 Å². The second-order valence-electron chi connectivity index (χ2n) is 20.8. The predicted octanol–water partition coefficient (Wildman–Crippen LogP) is 9.53. The highest BCUT2D eigenvalue weighted by molar-refractivity contribution is 7.86. The topological polar surface area (TPSA) is 237 Å². The van der Waals surface area contributed by atoms with E-state index in [0.717, 1.165) is 122 Å². The van der Waals surface area contributed by atoms with E-state index in [4.69, 9.17) is 9.02 Å². The Balaban J connectivity index is 1.23. The summed E-state index contributed by atoms with van der Waals surface area (Å²) in [7, 11) is -8.21. The number of carbonyl (C=O) groups is 3. The molecule has 1 saturated heterocycles. The molecule has 0 saturated carbocycles. The van der Waals surface area contributed by atoms with Crippen LogP contribution in [-0.2, 0) is 61.6 Å². The van der Waals surface area contributed by atoms with Crippen molar-refractivity contribution in [3.8, 4) is 5.75 Å². The molecule has 17 nitrogen and oxygen atoms in total. The van der Waals surface area contributed by atoms with Crippen LogP contribution in [0.2, 0.25) is 0 Å². The zero-order chi connectivity index (χ0) is 53.8. The number of rotatable bonds is 28. The number of allylic oxidation sites excluding steroid dienone is 7. The average Bonchev–Trinajstić information content (AvgIpc) is 3.82. The lowest BCUT2D eigenvalue weighted by Crippen LogP contribution is -2.31. The van der Waals surface area contributed by atoms with Gasteiger partial charge < -0.3 is 19.2 Å². The molecule has 6 rings (SSSR count). The zero-order valence-electron chi connectivity index (χ0n) is 43.5. The van der Waals surface area contributed by atoms with E-state index in [-0.39, 0.29) is 48.4 Å². The van der Waals surface area contributed by atoms with Gasteiger partial charge >= 0.3 is 17.3 Å². The molecule has 0 spiro atoms. The van der Waals surface area contributed by atoms with E-state index in [2.05, 4.69) is 91.9 Å². The van der Waals surface area contributed by atoms with Crippen molar-refractivity contribution in [3.05, 3.63) is 99.9 Å². The number of hydrogen-bond donors (Lipinski definition) is 4. The van der Waals surface area contributed by atoms with Crippen LogP contribution in [0.25, 0.3) is 0 Å². The van der Waals surface area contributed by atoms with Crippen LogP contribution >= 0.6 is 0 Å². The van der Waals surface area contributed by atoms with E-state index in [1.807, 2.05) is 6.07 Å². The summed E-state index contributed by atoms with van der Waals surface area (Å²) in [5.74, 6) is -1.93. The standard InChI is InChI=1S/C54H74N4O13S3/c1-39-22-26-45-43(37-39)53(2,3)47(56(45)33-14-16-35-73(64,65)66)28-23-40-19-18-20-41(52(40)55-32-13-11-9-7-6-8-10-12-21-51(61)70-58-49(59)30-31-50(58)60)24-29-48-54(4,5)44-38-42(71-72(62)63)25-27-46(44)57(48)34-15-17-36-74(67,68)69/h22-29,37-38H,6-21,30-36H2,1-5H3,(H3,62,63,64,65,66,67,68,69)/p+1/b40-23?,47-28+. The molecule has 2 amide bonds. The fourth-order valence-electron chi connectivity index (χ4n) is 10.5. The van der Waals surface area contributed by atoms with Crippen LogP contribution in [0.4, 0.5) is 11.4 Å². The molecule has 4 N–H and O–H groups in total. The molecule has 0 aromatic heterocycles. The lowest BCUT2D eigenvalue weighted by Gasteiger charge is -2.28. The summed E-state index contributed by atoms with van der Waals surface area (Å²) in [5, 5.41) is 4.44. The van der Waals surface area contributed by atoms with Gasteiger partial charge in [0.15, 0.2) is 5.71 Å². The number of hydrogen-bond acceptors (Lipinski definition) is 12. The third-order valence-corrected chi connectivity index (χ3v) is 16.3. The van der Waals surface area contributed by atoms with E-state index >= 15 is 0 Å². The molecule has 3 aliphatic heterocycles. The molecule has 1 unspecified atom stereocenters. The maximum atomic E-state index is 12.2. The summed E-state index contributed by atoms with van der Waals surface area (Å²) in [5.41, 5.74) is 9.59. The number of amides is 2. The smallest absolute Gasteiger partial charge is 0.357 e. The Hall–Kier alpha value is -4.99. The number of nitrogens with one attached hydrogen (secondary N) is 1. The van der Waals surface area contributed by atoms with Crippen LogP contribution in [0.3, 0.4) is 0 Å². The number of anilines is 1. The Kier molecular flexibility index (Phi) is 20.2. The van der Waals surface area contributed by atoms with Crippen molar-refractivity contribution in [3.63, 3.8) is 0 Å². The molecule has 1 atom stereocenters. The second-order valence-corrected chi connectivity index (χ2v) is 24.6. The predicted molar refractivity (Wildman–Crippen MR) is 286 cm³/mol. The Morgan fingerprint density at radius 3 is 2.08 bits per heavy atom. The Morgan fingerprint density at radius 1 is 0.770 bits per heavy atom.